The maximum atomic E-state index is 10.1. The number of carboxylic acids is 1. The van der Waals surface area contributed by atoms with Crippen molar-refractivity contribution in [3.8, 4) is 5.75 Å². The lowest BCUT2D eigenvalue weighted by molar-refractivity contribution is -0.137. The average Bonchev–Trinajstić information content (AvgIpc) is 2.84. The van der Waals surface area contributed by atoms with Crippen molar-refractivity contribution in [2.45, 2.75) is 51.9 Å². The molecular weight excluding hydrogens is 346 g/mol. The Balaban J connectivity index is 0.000000220. The maximum absolute atomic E-state index is 10.1. The van der Waals surface area contributed by atoms with E-state index in [1.54, 1.807) is 6.20 Å². The molecule has 2 rings (SSSR count). The molecule has 0 saturated heterocycles. The van der Waals surface area contributed by atoms with Gasteiger partial charge in [-0.25, -0.2) is 0 Å². The molecule has 22 heavy (non-hydrogen) atoms. The van der Waals surface area contributed by atoms with Crippen molar-refractivity contribution in [2.24, 2.45) is 0 Å². The van der Waals surface area contributed by atoms with E-state index < -0.39 is 5.97 Å². The molecule has 0 radical (unpaired) electrons. The number of hydrogen-bond acceptors (Lipinski definition) is 2. The Labute approximate surface area is 139 Å². The third kappa shape index (κ3) is 6.98. The van der Waals surface area contributed by atoms with Gasteiger partial charge in [0.25, 0.3) is 0 Å². The fraction of sp³-hybridized carbons (Fsp3) is 0.471. The molecule has 5 heteroatoms. The van der Waals surface area contributed by atoms with Crippen LogP contribution in [0.15, 0.2) is 28.9 Å². The lowest BCUT2D eigenvalue weighted by Crippen LogP contribution is -1.93. The molecule has 0 atom stereocenters. The highest BCUT2D eigenvalue weighted by Gasteiger charge is 2.00. The topological polar surface area (TPSA) is 73.3 Å². The minimum Gasteiger partial charge on any atom is -0.506 e. The van der Waals surface area contributed by atoms with Crippen LogP contribution in [-0.4, -0.2) is 21.2 Å². The van der Waals surface area contributed by atoms with Gasteiger partial charge in [-0.05, 0) is 24.6 Å². The number of rotatable bonds is 7. The van der Waals surface area contributed by atoms with Crippen molar-refractivity contribution in [3.63, 3.8) is 0 Å². The summed E-state index contributed by atoms with van der Waals surface area (Å²) in [6.07, 6.45) is 8.83. The first-order valence-corrected chi connectivity index (χ1v) is 8.51. The Morgan fingerprint density at radius 3 is 2.55 bits per heavy atom. The number of hydrogen-bond donors (Lipinski definition) is 3. The first kappa shape index (κ1) is 18.6. The Morgan fingerprint density at radius 1 is 1.18 bits per heavy atom. The number of fused-ring (bicyclic) bond motifs is 1. The highest BCUT2D eigenvalue weighted by Crippen LogP contribution is 2.26. The van der Waals surface area contributed by atoms with Crippen LogP contribution in [0, 0.1) is 0 Å². The van der Waals surface area contributed by atoms with Gasteiger partial charge in [-0.1, -0.05) is 55.0 Å². The average molecular weight is 370 g/mol. The summed E-state index contributed by atoms with van der Waals surface area (Å²) in [5, 5.41) is 18.4. The zero-order valence-corrected chi connectivity index (χ0v) is 14.5. The van der Waals surface area contributed by atoms with Crippen LogP contribution in [0.5, 0.6) is 5.75 Å². The highest BCUT2D eigenvalue weighted by atomic mass is 79.9. The number of halogens is 1. The molecule has 0 bridgehead atoms. The summed E-state index contributed by atoms with van der Waals surface area (Å²) in [7, 11) is 0. The molecule has 0 aliphatic carbocycles. The van der Waals surface area contributed by atoms with Gasteiger partial charge in [0.15, 0.2) is 0 Å². The van der Waals surface area contributed by atoms with Crippen molar-refractivity contribution in [1.82, 2.24) is 4.98 Å². The van der Waals surface area contributed by atoms with Crippen LogP contribution in [0.2, 0.25) is 0 Å². The second kappa shape index (κ2) is 10.3. The minimum atomic E-state index is -0.666. The van der Waals surface area contributed by atoms with Crippen molar-refractivity contribution < 1.29 is 15.0 Å². The minimum absolute atomic E-state index is 0.293. The van der Waals surface area contributed by atoms with Gasteiger partial charge in [0.1, 0.15) is 5.75 Å². The molecule has 2 aromatic rings. The number of benzene rings is 1. The molecule has 0 spiro atoms. The number of H-pyrrole nitrogens is 1. The summed E-state index contributed by atoms with van der Waals surface area (Å²) in [6, 6.07) is 5.72. The predicted octanol–water partition coefficient (Wildman–Crippen LogP) is 5.46. The van der Waals surface area contributed by atoms with Gasteiger partial charge in [-0.15, -0.1) is 0 Å². The summed E-state index contributed by atoms with van der Waals surface area (Å²) in [5.74, 6) is -0.373. The van der Waals surface area contributed by atoms with Crippen LogP contribution in [-0.2, 0) is 4.79 Å². The number of aliphatic carboxylic acids is 1. The fourth-order valence-corrected chi connectivity index (χ4v) is 2.50. The number of aromatic hydroxyl groups is 1. The second-order valence-corrected chi connectivity index (χ2v) is 6.19. The Kier molecular flexibility index (Phi) is 8.67. The van der Waals surface area contributed by atoms with Gasteiger partial charge >= 0.3 is 5.97 Å². The standard InChI is InChI=1S/C9H18O2.C8H6BrNO/c1-2-3-4-5-6-7-8-9(10)11;9-5-1-2-7-6(3-5)8(11)4-10-7/h2-8H2,1H3,(H,10,11);1-4,10-11H. The van der Waals surface area contributed by atoms with E-state index in [-0.39, 0.29) is 0 Å². The fourth-order valence-electron chi connectivity index (χ4n) is 2.13. The first-order valence-electron chi connectivity index (χ1n) is 7.72. The van der Waals surface area contributed by atoms with Crippen molar-refractivity contribution >= 4 is 32.8 Å². The van der Waals surface area contributed by atoms with Gasteiger partial charge in [0, 0.05) is 28.0 Å². The van der Waals surface area contributed by atoms with E-state index in [1.165, 1.54) is 25.7 Å². The van der Waals surface area contributed by atoms with Crippen LogP contribution < -0.4 is 0 Å². The molecule has 0 aliphatic heterocycles. The third-order valence-electron chi connectivity index (χ3n) is 3.37. The van der Waals surface area contributed by atoms with Gasteiger partial charge < -0.3 is 15.2 Å². The first-order chi connectivity index (χ1) is 10.5. The zero-order valence-electron chi connectivity index (χ0n) is 12.9. The lowest BCUT2D eigenvalue weighted by atomic mass is 10.1. The highest BCUT2D eigenvalue weighted by molar-refractivity contribution is 9.10. The zero-order chi connectivity index (χ0) is 16.4. The number of nitrogens with one attached hydrogen (secondary N) is 1. The van der Waals surface area contributed by atoms with E-state index in [1.807, 2.05) is 18.2 Å². The van der Waals surface area contributed by atoms with Crippen LogP contribution in [0.1, 0.15) is 51.9 Å². The normalized spacial score (nSPS) is 10.3. The summed E-state index contributed by atoms with van der Waals surface area (Å²) in [5.41, 5.74) is 0.950. The summed E-state index contributed by atoms with van der Waals surface area (Å²) < 4.78 is 0.972. The van der Waals surface area contributed by atoms with Gasteiger partial charge in [0.2, 0.25) is 0 Å². The van der Waals surface area contributed by atoms with E-state index >= 15 is 0 Å². The van der Waals surface area contributed by atoms with E-state index in [0.29, 0.717) is 12.2 Å². The van der Waals surface area contributed by atoms with E-state index in [9.17, 15) is 9.90 Å². The molecule has 0 aliphatic rings. The van der Waals surface area contributed by atoms with Crippen molar-refractivity contribution in [2.75, 3.05) is 0 Å². The Morgan fingerprint density at radius 2 is 1.86 bits per heavy atom. The molecule has 3 N–H and O–H groups in total. The molecule has 0 amide bonds. The number of aromatic nitrogens is 1. The maximum Gasteiger partial charge on any atom is 0.303 e. The Bertz CT molecular complexity index is 580. The number of unbranched alkanes of at least 4 members (excludes halogenated alkanes) is 5. The van der Waals surface area contributed by atoms with E-state index in [0.717, 1.165) is 28.2 Å². The van der Waals surface area contributed by atoms with Gasteiger partial charge in [-0.2, -0.15) is 0 Å². The Hall–Kier alpha value is -1.49. The predicted molar refractivity (Wildman–Crippen MR) is 93.3 cm³/mol. The molecule has 0 fully saturated rings. The molecule has 1 heterocycles. The smallest absolute Gasteiger partial charge is 0.303 e. The quantitative estimate of drug-likeness (QED) is 0.567. The van der Waals surface area contributed by atoms with E-state index in [2.05, 4.69) is 27.8 Å². The van der Waals surface area contributed by atoms with Crippen LogP contribution in [0.3, 0.4) is 0 Å². The lowest BCUT2D eigenvalue weighted by Gasteiger charge is -1.97. The molecule has 4 nitrogen and oxygen atoms in total. The number of aromatic amines is 1. The molecule has 0 saturated carbocycles. The third-order valence-corrected chi connectivity index (χ3v) is 3.86. The summed E-state index contributed by atoms with van der Waals surface area (Å²) in [4.78, 5) is 13.0. The molecule has 122 valence electrons. The molecule has 1 aromatic heterocycles. The summed E-state index contributed by atoms with van der Waals surface area (Å²) >= 11 is 3.33. The van der Waals surface area contributed by atoms with Crippen LogP contribution >= 0.6 is 15.9 Å². The number of carboxylic acid groups (broad SMARTS) is 1. The summed E-state index contributed by atoms with van der Waals surface area (Å²) in [6.45, 7) is 2.18. The molecule has 1 aromatic carbocycles. The van der Waals surface area contributed by atoms with Crippen molar-refractivity contribution in [3.05, 3.63) is 28.9 Å². The largest absolute Gasteiger partial charge is 0.506 e. The monoisotopic (exact) mass is 369 g/mol. The van der Waals surface area contributed by atoms with E-state index in [4.69, 9.17) is 5.11 Å². The second-order valence-electron chi connectivity index (χ2n) is 5.28. The SMILES string of the molecule is CCCCCCCCC(=O)O.Oc1c[nH]c2ccc(Br)cc12. The van der Waals surface area contributed by atoms with Crippen molar-refractivity contribution in [1.29, 1.82) is 0 Å². The molecular formula is C17H24BrNO3. The number of carbonyl (C=O) groups is 1. The van der Waals surface area contributed by atoms with Gasteiger partial charge in [-0.3, -0.25) is 4.79 Å². The molecule has 0 unspecified atom stereocenters. The van der Waals surface area contributed by atoms with Gasteiger partial charge in [0.05, 0.1) is 0 Å². The van der Waals surface area contributed by atoms with Crippen LogP contribution in [0.25, 0.3) is 10.9 Å². The van der Waals surface area contributed by atoms with Crippen LogP contribution in [0.4, 0.5) is 0 Å².